The van der Waals surface area contributed by atoms with E-state index in [-0.39, 0.29) is 11.8 Å². The van der Waals surface area contributed by atoms with Crippen LogP contribution < -0.4 is 14.9 Å². The van der Waals surface area contributed by atoms with Crippen molar-refractivity contribution in [1.82, 2.24) is 14.7 Å². The Morgan fingerprint density at radius 3 is 2.80 bits per heavy atom. The predicted octanol–water partition coefficient (Wildman–Crippen LogP) is 2.95. The molecule has 160 valence electrons. The Morgan fingerprint density at radius 1 is 1.23 bits per heavy atom. The SMILES string of the molecule is CCCc1cc(N2CC[C@H](NS(=O)(=O)CCC)C2)nc(Nc2cccc(C#N)c2)n1. The standard InChI is InChI=1S/C21H28N6O2S/c1-3-6-17-13-20(27-10-9-19(15-27)26-30(28,29)11-4-2)25-21(23-17)24-18-8-5-7-16(12-18)14-22/h5,7-8,12-13,19,26H,3-4,6,9-11,15H2,1-2H3,(H,23,24,25)/t19-/m0/s1. The molecule has 2 heterocycles. The van der Waals surface area contributed by atoms with E-state index < -0.39 is 10.0 Å². The fourth-order valence-electron chi connectivity index (χ4n) is 3.53. The maximum atomic E-state index is 12.1. The van der Waals surface area contributed by atoms with Gasteiger partial charge in [-0.15, -0.1) is 0 Å². The lowest BCUT2D eigenvalue weighted by atomic mass is 10.2. The van der Waals surface area contributed by atoms with Gasteiger partial charge in [0.2, 0.25) is 16.0 Å². The first-order chi connectivity index (χ1) is 14.4. The minimum Gasteiger partial charge on any atom is -0.355 e. The van der Waals surface area contributed by atoms with Gasteiger partial charge in [-0.1, -0.05) is 26.3 Å². The highest BCUT2D eigenvalue weighted by Crippen LogP contribution is 2.23. The molecular weight excluding hydrogens is 400 g/mol. The van der Waals surface area contributed by atoms with E-state index in [1.165, 1.54) is 0 Å². The van der Waals surface area contributed by atoms with Gasteiger partial charge in [0.05, 0.1) is 17.4 Å². The Bertz CT molecular complexity index is 1020. The number of hydrogen-bond donors (Lipinski definition) is 2. The highest BCUT2D eigenvalue weighted by molar-refractivity contribution is 7.89. The summed E-state index contributed by atoms with van der Waals surface area (Å²) in [5.74, 6) is 1.40. The summed E-state index contributed by atoms with van der Waals surface area (Å²) in [6.07, 6.45) is 3.12. The molecule has 0 saturated carbocycles. The third kappa shape index (κ3) is 5.90. The highest BCUT2D eigenvalue weighted by Gasteiger charge is 2.27. The first-order valence-electron chi connectivity index (χ1n) is 10.3. The minimum absolute atomic E-state index is 0.116. The number of aromatic nitrogens is 2. The predicted molar refractivity (Wildman–Crippen MR) is 118 cm³/mol. The Morgan fingerprint density at radius 2 is 2.07 bits per heavy atom. The van der Waals surface area contributed by atoms with Gasteiger partial charge in [0.25, 0.3) is 0 Å². The maximum absolute atomic E-state index is 12.1. The summed E-state index contributed by atoms with van der Waals surface area (Å²) in [6.45, 7) is 5.26. The van der Waals surface area contributed by atoms with Crippen LogP contribution in [0.15, 0.2) is 30.3 Å². The van der Waals surface area contributed by atoms with Gasteiger partial charge in [-0.25, -0.2) is 18.1 Å². The van der Waals surface area contributed by atoms with Crippen molar-refractivity contribution in [3.05, 3.63) is 41.6 Å². The van der Waals surface area contributed by atoms with Crippen molar-refractivity contribution in [1.29, 1.82) is 5.26 Å². The molecule has 1 aromatic heterocycles. The third-order valence-electron chi connectivity index (χ3n) is 4.85. The molecule has 0 spiro atoms. The van der Waals surface area contributed by atoms with Crippen molar-refractivity contribution in [3.8, 4) is 6.07 Å². The van der Waals surface area contributed by atoms with E-state index in [2.05, 4.69) is 37.9 Å². The molecule has 30 heavy (non-hydrogen) atoms. The van der Waals surface area contributed by atoms with Crippen molar-refractivity contribution in [2.45, 2.75) is 45.6 Å². The molecule has 1 fully saturated rings. The van der Waals surface area contributed by atoms with Crippen LogP contribution in [0.5, 0.6) is 0 Å². The van der Waals surface area contributed by atoms with Gasteiger partial charge >= 0.3 is 0 Å². The second-order valence-corrected chi connectivity index (χ2v) is 9.35. The van der Waals surface area contributed by atoms with Gasteiger partial charge in [0.15, 0.2) is 0 Å². The number of nitrogens with one attached hydrogen (secondary N) is 2. The zero-order valence-electron chi connectivity index (χ0n) is 17.4. The molecule has 8 nitrogen and oxygen atoms in total. The smallest absolute Gasteiger partial charge is 0.229 e. The van der Waals surface area contributed by atoms with Crippen LogP contribution in [-0.2, 0) is 16.4 Å². The van der Waals surface area contributed by atoms with Crippen LogP contribution in [-0.4, -0.2) is 43.3 Å². The minimum atomic E-state index is -3.24. The monoisotopic (exact) mass is 428 g/mol. The van der Waals surface area contributed by atoms with Gasteiger partial charge in [-0.3, -0.25) is 0 Å². The van der Waals surface area contributed by atoms with Crippen LogP contribution >= 0.6 is 0 Å². The average Bonchev–Trinajstić information content (AvgIpc) is 3.16. The number of anilines is 3. The number of nitrogens with zero attached hydrogens (tertiary/aromatic N) is 4. The molecule has 0 radical (unpaired) electrons. The lowest BCUT2D eigenvalue weighted by molar-refractivity contribution is 0.560. The van der Waals surface area contributed by atoms with Gasteiger partial charge in [-0.05, 0) is 37.5 Å². The molecule has 1 atom stereocenters. The Kier molecular flexibility index (Phi) is 7.24. The van der Waals surface area contributed by atoms with Crippen molar-refractivity contribution < 1.29 is 8.42 Å². The van der Waals surface area contributed by atoms with E-state index in [0.29, 0.717) is 24.5 Å². The van der Waals surface area contributed by atoms with Crippen molar-refractivity contribution in [3.63, 3.8) is 0 Å². The Balaban J connectivity index is 1.78. The number of hydrogen-bond acceptors (Lipinski definition) is 7. The lowest BCUT2D eigenvalue weighted by Gasteiger charge is -2.20. The van der Waals surface area contributed by atoms with E-state index in [4.69, 9.17) is 5.26 Å². The summed E-state index contributed by atoms with van der Waals surface area (Å²) >= 11 is 0. The number of aryl methyl sites for hydroxylation is 1. The zero-order chi connectivity index (χ0) is 21.6. The molecule has 1 aliphatic rings. The first kappa shape index (κ1) is 22.0. The van der Waals surface area contributed by atoms with Crippen LogP contribution in [0, 0.1) is 11.3 Å². The highest BCUT2D eigenvalue weighted by atomic mass is 32.2. The van der Waals surface area contributed by atoms with E-state index in [1.807, 2.05) is 25.1 Å². The van der Waals surface area contributed by atoms with Gasteiger partial charge in [0.1, 0.15) is 5.82 Å². The lowest BCUT2D eigenvalue weighted by Crippen LogP contribution is -2.38. The summed E-state index contributed by atoms with van der Waals surface area (Å²) in [5.41, 5.74) is 2.24. The molecule has 3 rings (SSSR count). The number of rotatable bonds is 9. The summed E-state index contributed by atoms with van der Waals surface area (Å²) in [4.78, 5) is 11.4. The molecule has 0 bridgehead atoms. The molecule has 9 heteroatoms. The molecule has 0 unspecified atom stereocenters. The van der Waals surface area contributed by atoms with Crippen LogP contribution in [0.1, 0.15) is 44.4 Å². The summed E-state index contributed by atoms with van der Waals surface area (Å²) in [6, 6.07) is 11.2. The second-order valence-electron chi connectivity index (χ2n) is 7.48. The van der Waals surface area contributed by atoms with E-state index in [1.54, 1.807) is 12.1 Å². The van der Waals surface area contributed by atoms with Crippen LogP contribution in [0.4, 0.5) is 17.5 Å². The van der Waals surface area contributed by atoms with Crippen molar-refractivity contribution >= 4 is 27.5 Å². The molecule has 0 aliphatic carbocycles. The maximum Gasteiger partial charge on any atom is 0.229 e. The molecule has 1 saturated heterocycles. The zero-order valence-corrected chi connectivity index (χ0v) is 18.2. The van der Waals surface area contributed by atoms with E-state index >= 15 is 0 Å². The van der Waals surface area contributed by atoms with Gasteiger partial charge in [-0.2, -0.15) is 10.2 Å². The van der Waals surface area contributed by atoms with Crippen LogP contribution in [0.25, 0.3) is 0 Å². The van der Waals surface area contributed by atoms with E-state index in [9.17, 15) is 8.42 Å². The topological polar surface area (TPSA) is 111 Å². The molecule has 0 amide bonds. The van der Waals surface area contributed by atoms with Gasteiger partial charge in [0, 0.05) is 36.6 Å². The van der Waals surface area contributed by atoms with Gasteiger partial charge < -0.3 is 10.2 Å². The Hall–Kier alpha value is -2.70. The number of benzene rings is 1. The normalized spacial score (nSPS) is 16.4. The fraction of sp³-hybridized carbons (Fsp3) is 0.476. The quantitative estimate of drug-likeness (QED) is 0.631. The summed E-state index contributed by atoms with van der Waals surface area (Å²) < 4.78 is 27.0. The number of sulfonamides is 1. The molecular formula is C21H28N6O2S. The molecule has 2 aromatic rings. The van der Waals surface area contributed by atoms with Crippen LogP contribution in [0.2, 0.25) is 0 Å². The summed E-state index contributed by atoms with van der Waals surface area (Å²) in [7, 11) is -3.24. The first-order valence-corrected chi connectivity index (χ1v) is 12.0. The molecule has 2 N–H and O–H groups in total. The third-order valence-corrected chi connectivity index (χ3v) is 6.49. The second kappa shape index (κ2) is 9.87. The molecule has 1 aliphatic heterocycles. The fourth-order valence-corrected chi connectivity index (χ4v) is 4.88. The van der Waals surface area contributed by atoms with Crippen LogP contribution in [0.3, 0.4) is 0 Å². The Labute approximate surface area is 178 Å². The molecule has 1 aromatic carbocycles. The van der Waals surface area contributed by atoms with E-state index in [0.717, 1.165) is 43.0 Å². The van der Waals surface area contributed by atoms with Crippen molar-refractivity contribution in [2.24, 2.45) is 0 Å². The number of nitriles is 1. The largest absolute Gasteiger partial charge is 0.355 e. The van der Waals surface area contributed by atoms with Crippen molar-refractivity contribution in [2.75, 3.05) is 29.1 Å². The summed E-state index contributed by atoms with van der Waals surface area (Å²) in [5, 5.41) is 12.3. The average molecular weight is 429 g/mol.